The molecular formula is C13H17ClFNO4S. The lowest BCUT2D eigenvalue weighted by molar-refractivity contribution is -0.139. The number of hydrogen-bond acceptors (Lipinski definition) is 3. The van der Waals surface area contributed by atoms with Crippen LogP contribution in [0.1, 0.15) is 31.7 Å². The van der Waals surface area contributed by atoms with Gasteiger partial charge in [-0.1, -0.05) is 31.4 Å². The van der Waals surface area contributed by atoms with E-state index in [9.17, 15) is 17.6 Å². The Morgan fingerprint density at radius 1 is 1.48 bits per heavy atom. The summed E-state index contributed by atoms with van der Waals surface area (Å²) in [5.41, 5.74) is -0.102. The van der Waals surface area contributed by atoms with E-state index in [4.69, 9.17) is 16.7 Å². The number of carboxylic acids is 1. The highest BCUT2D eigenvalue weighted by atomic mass is 35.5. The quantitative estimate of drug-likeness (QED) is 0.763. The molecule has 0 fully saturated rings. The Hall–Kier alpha value is -1.18. The van der Waals surface area contributed by atoms with E-state index in [2.05, 4.69) is 4.72 Å². The Morgan fingerprint density at radius 3 is 2.71 bits per heavy atom. The number of halogens is 2. The summed E-state index contributed by atoms with van der Waals surface area (Å²) in [6.07, 6.45) is 1.50. The molecule has 0 aliphatic heterocycles. The van der Waals surface area contributed by atoms with Crippen molar-refractivity contribution in [3.8, 4) is 0 Å². The van der Waals surface area contributed by atoms with Crippen molar-refractivity contribution in [2.45, 2.75) is 38.0 Å². The van der Waals surface area contributed by atoms with Crippen molar-refractivity contribution in [2.24, 2.45) is 0 Å². The standard InChI is InChI=1S/C13H17ClFNO4S/c1-2-3-4-12(13(17)18)16-21(19,20)8-9-7-10(14)5-6-11(9)15/h5-7,12,16H,2-4,8H2,1H3,(H,17,18). The van der Waals surface area contributed by atoms with E-state index in [1.807, 2.05) is 6.92 Å². The molecule has 0 radical (unpaired) electrons. The second-order valence-electron chi connectivity index (χ2n) is 4.65. The van der Waals surface area contributed by atoms with E-state index < -0.39 is 33.6 Å². The van der Waals surface area contributed by atoms with Crippen LogP contribution in [0.5, 0.6) is 0 Å². The highest BCUT2D eigenvalue weighted by Gasteiger charge is 2.24. The Morgan fingerprint density at radius 2 is 2.14 bits per heavy atom. The van der Waals surface area contributed by atoms with E-state index in [1.165, 1.54) is 12.1 Å². The van der Waals surface area contributed by atoms with Crippen molar-refractivity contribution in [3.05, 3.63) is 34.6 Å². The van der Waals surface area contributed by atoms with Crippen molar-refractivity contribution in [1.82, 2.24) is 4.72 Å². The molecule has 1 rings (SSSR count). The van der Waals surface area contributed by atoms with Gasteiger partial charge in [0.15, 0.2) is 0 Å². The van der Waals surface area contributed by atoms with Crippen LogP contribution in [0.4, 0.5) is 4.39 Å². The molecule has 118 valence electrons. The van der Waals surface area contributed by atoms with Gasteiger partial charge in [0.05, 0.1) is 5.75 Å². The Bertz CT molecular complexity index is 606. The van der Waals surface area contributed by atoms with Gasteiger partial charge in [0.2, 0.25) is 10.0 Å². The summed E-state index contributed by atoms with van der Waals surface area (Å²) in [5, 5.41) is 9.22. The number of benzene rings is 1. The molecule has 0 aliphatic carbocycles. The maximum atomic E-state index is 13.5. The average molecular weight is 338 g/mol. The monoisotopic (exact) mass is 337 g/mol. The molecule has 0 bridgehead atoms. The minimum absolute atomic E-state index is 0.102. The lowest BCUT2D eigenvalue weighted by Crippen LogP contribution is -2.41. The molecule has 0 saturated carbocycles. The van der Waals surface area contributed by atoms with Crippen LogP contribution in [0, 0.1) is 5.82 Å². The zero-order chi connectivity index (χ0) is 16.0. The normalized spacial score (nSPS) is 13.1. The van der Waals surface area contributed by atoms with Crippen LogP contribution < -0.4 is 4.72 Å². The summed E-state index contributed by atoms with van der Waals surface area (Å²) in [5.74, 6) is -2.61. The molecule has 0 aromatic heterocycles. The molecule has 1 aromatic rings. The lowest BCUT2D eigenvalue weighted by Gasteiger charge is -2.14. The number of carbonyl (C=O) groups is 1. The van der Waals surface area contributed by atoms with Gasteiger partial charge in [-0.2, -0.15) is 0 Å². The first-order valence-corrected chi connectivity index (χ1v) is 8.45. The first-order valence-electron chi connectivity index (χ1n) is 6.42. The molecule has 21 heavy (non-hydrogen) atoms. The summed E-state index contributed by atoms with van der Waals surface area (Å²) in [6.45, 7) is 1.87. The topological polar surface area (TPSA) is 83.5 Å². The molecule has 0 spiro atoms. The first kappa shape index (κ1) is 17.9. The molecule has 0 amide bonds. The van der Waals surface area contributed by atoms with E-state index in [1.54, 1.807) is 0 Å². The van der Waals surface area contributed by atoms with Crippen LogP contribution in [-0.4, -0.2) is 25.5 Å². The van der Waals surface area contributed by atoms with Crippen LogP contribution in [0.15, 0.2) is 18.2 Å². The van der Waals surface area contributed by atoms with Gasteiger partial charge in [0.25, 0.3) is 0 Å². The van der Waals surface area contributed by atoms with Crippen LogP contribution in [0.3, 0.4) is 0 Å². The van der Waals surface area contributed by atoms with E-state index >= 15 is 0 Å². The molecule has 1 unspecified atom stereocenters. The molecule has 0 saturated heterocycles. The highest BCUT2D eigenvalue weighted by Crippen LogP contribution is 2.17. The van der Waals surface area contributed by atoms with Crippen molar-refractivity contribution < 1.29 is 22.7 Å². The van der Waals surface area contributed by atoms with Crippen molar-refractivity contribution >= 4 is 27.6 Å². The largest absolute Gasteiger partial charge is 0.480 e. The first-order chi connectivity index (χ1) is 9.75. The summed E-state index contributed by atoms with van der Waals surface area (Å²) >= 11 is 5.69. The van der Waals surface area contributed by atoms with Crippen molar-refractivity contribution in [1.29, 1.82) is 0 Å². The fraction of sp³-hybridized carbons (Fsp3) is 0.462. The fourth-order valence-corrected chi connectivity index (χ4v) is 3.32. The molecule has 0 heterocycles. The summed E-state index contributed by atoms with van der Waals surface area (Å²) in [7, 11) is -3.98. The highest BCUT2D eigenvalue weighted by molar-refractivity contribution is 7.88. The summed E-state index contributed by atoms with van der Waals surface area (Å²) in [4.78, 5) is 11.0. The van der Waals surface area contributed by atoms with Crippen LogP contribution in [0.25, 0.3) is 0 Å². The van der Waals surface area contributed by atoms with Crippen molar-refractivity contribution in [2.75, 3.05) is 0 Å². The van der Waals surface area contributed by atoms with Crippen LogP contribution >= 0.6 is 11.6 Å². The van der Waals surface area contributed by atoms with Gasteiger partial charge < -0.3 is 5.11 Å². The van der Waals surface area contributed by atoms with Crippen LogP contribution in [-0.2, 0) is 20.6 Å². The predicted molar refractivity (Wildman–Crippen MR) is 78.1 cm³/mol. The van der Waals surface area contributed by atoms with Gasteiger partial charge >= 0.3 is 5.97 Å². The lowest BCUT2D eigenvalue weighted by atomic mass is 10.1. The van der Waals surface area contributed by atoms with Gasteiger partial charge in [-0.15, -0.1) is 0 Å². The van der Waals surface area contributed by atoms with Gasteiger partial charge in [-0.05, 0) is 24.6 Å². The van der Waals surface area contributed by atoms with E-state index in [0.717, 1.165) is 12.5 Å². The predicted octanol–water partition coefficient (Wildman–Crippen LogP) is 2.54. The number of hydrogen-bond donors (Lipinski definition) is 2. The number of carboxylic acid groups (broad SMARTS) is 1. The van der Waals surface area contributed by atoms with Crippen molar-refractivity contribution in [3.63, 3.8) is 0 Å². The summed E-state index contributed by atoms with van der Waals surface area (Å²) < 4.78 is 39.5. The van der Waals surface area contributed by atoms with Crippen LogP contribution in [0.2, 0.25) is 5.02 Å². The Kier molecular flexibility index (Phi) is 6.57. The number of rotatable bonds is 8. The maximum absolute atomic E-state index is 13.5. The second-order valence-corrected chi connectivity index (χ2v) is 6.84. The minimum atomic E-state index is -3.98. The van der Waals surface area contributed by atoms with E-state index in [-0.39, 0.29) is 17.0 Å². The fourth-order valence-electron chi connectivity index (χ4n) is 1.76. The minimum Gasteiger partial charge on any atom is -0.480 e. The zero-order valence-electron chi connectivity index (χ0n) is 11.5. The van der Waals surface area contributed by atoms with Gasteiger partial charge in [0, 0.05) is 10.6 Å². The number of unbranched alkanes of at least 4 members (excludes halogenated alkanes) is 1. The molecule has 0 aliphatic rings. The number of nitrogens with one attached hydrogen (secondary N) is 1. The van der Waals surface area contributed by atoms with Gasteiger partial charge in [0.1, 0.15) is 11.9 Å². The third kappa shape index (κ3) is 5.99. The average Bonchev–Trinajstić information content (AvgIpc) is 2.38. The Balaban J connectivity index is 2.85. The summed E-state index contributed by atoms with van der Waals surface area (Å²) in [6, 6.07) is 2.37. The molecule has 2 N–H and O–H groups in total. The SMILES string of the molecule is CCCCC(NS(=O)(=O)Cc1cc(Cl)ccc1F)C(=O)O. The Labute approximate surface area is 128 Å². The third-order valence-electron chi connectivity index (χ3n) is 2.82. The smallest absolute Gasteiger partial charge is 0.321 e. The molecule has 5 nitrogen and oxygen atoms in total. The molecular weight excluding hydrogens is 321 g/mol. The van der Waals surface area contributed by atoms with E-state index in [0.29, 0.717) is 6.42 Å². The molecule has 1 aromatic carbocycles. The maximum Gasteiger partial charge on any atom is 0.321 e. The van der Waals surface area contributed by atoms with Gasteiger partial charge in [-0.25, -0.2) is 17.5 Å². The number of aliphatic carboxylic acids is 1. The van der Waals surface area contributed by atoms with Gasteiger partial charge in [-0.3, -0.25) is 4.79 Å². The second kappa shape index (κ2) is 7.72. The molecule has 1 atom stereocenters. The molecule has 8 heteroatoms. The number of sulfonamides is 1. The third-order valence-corrected chi connectivity index (χ3v) is 4.39. The zero-order valence-corrected chi connectivity index (χ0v) is 13.0.